The van der Waals surface area contributed by atoms with Crippen LogP contribution in [-0.4, -0.2) is 31.0 Å². The van der Waals surface area contributed by atoms with E-state index < -0.39 is 6.09 Å². The number of nitrogens with one attached hydrogen (secondary N) is 2. The summed E-state index contributed by atoms with van der Waals surface area (Å²) in [5, 5.41) is 5.51. The first-order valence-electron chi connectivity index (χ1n) is 9.77. The highest BCUT2D eigenvalue weighted by atomic mass is 16.5. The number of carbonyl (C=O) groups is 3. The van der Waals surface area contributed by atoms with Crippen LogP contribution in [-0.2, 0) is 20.9 Å². The van der Waals surface area contributed by atoms with Crippen molar-refractivity contribution in [3.05, 3.63) is 60.2 Å². The van der Waals surface area contributed by atoms with Crippen LogP contribution in [0.1, 0.15) is 31.2 Å². The molecule has 0 aromatic heterocycles. The van der Waals surface area contributed by atoms with E-state index in [0.717, 1.165) is 17.7 Å². The Hall–Kier alpha value is -3.35. The SMILES string of the molecule is O=C(CCCNC(=O)OCc1ccccc1)Nc1ccccc1N1CCCC1=O. The van der Waals surface area contributed by atoms with Crippen molar-refractivity contribution >= 4 is 29.3 Å². The third-order valence-corrected chi connectivity index (χ3v) is 4.61. The number of alkyl carbamates (subject to hydrolysis) is 1. The fourth-order valence-electron chi connectivity index (χ4n) is 3.14. The van der Waals surface area contributed by atoms with Gasteiger partial charge in [0.1, 0.15) is 6.61 Å². The molecule has 152 valence electrons. The molecule has 3 rings (SSSR count). The van der Waals surface area contributed by atoms with Crippen molar-refractivity contribution < 1.29 is 19.1 Å². The van der Waals surface area contributed by atoms with E-state index in [1.54, 1.807) is 11.0 Å². The molecule has 0 bridgehead atoms. The minimum Gasteiger partial charge on any atom is -0.445 e. The number of hydrogen-bond donors (Lipinski definition) is 2. The number of rotatable bonds is 8. The second-order valence-electron chi connectivity index (χ2n) is 6.81. The molecule has 0 atom stereocenters. The van der Waals surface area contributed by atoms with Crippen molar-refractivity contribution in [3.8, 4) is 0 Å². The Bertz CT molecular complexity index is 854. The molecule has 7 nitrogen and oxygen atoms in total. The van der Waals surface area contributed by atoms with Crippen molar-refractivity contribution in [2.45, 2.75) is 32.3 Å². The second-order valence-corrected chi connectivity index (χ2v) is 6.81. The lowest BCUT2D eigenvalue weighted by molar-refractivity contribution is -0.117. The Labute approximate surface area is 170 Å². The molecule has 1 aliphatic heterocycles. The molecule has 1 heterocycles. The Morgan fingerprint density at radius 1 is 1.03 bits per heavy atom. The van der Waals surface area contributed by atoms with Gasteiger partial charge in [0.15, 0.2) is 0 Å². The number of ether oxygens (including phenoxy) is 1. The van der Waals surface area contributed by atoms with E-state index in [4.69, 9.17) is 4.74 Å². The molecule has 29 heavy (non-hydrogen) atoms. The Morgan fingerprint density at radius 3 is 2.55 bits per heavy atom. The van der Waals surface area contributed by atoms with Crippen molar-refractivity contribution in [1.82, 2.24) is 5.32 Å². The molecule has 7 heteroatoms. The molecular formula is C22H25N3O4. The largest absolute Gasteiger partial charge is 0.445 e. The topological polar surface area (TPSA) is 87.7 Å². The summed E-state index contributed by atoms with van der Waals surface area (Å²) in [4.78, 5) is 37.7. The molecule has 0 saturated carbocycles. The first-order valence-corrected chi connectivity index (χ1v) is 9.77. The summed E-state index contributed by atoms with van der Waals surface area (Å²) in [5.74, 6) is -0.0894. The average molecular weight is 395 g/mol. The smallest absolute Gasteiger partial charge is 0.407 e. The first kappa shape index (κ1) is 20.4. The van der Waals surface area contributed by atoms with Gasteiger partial charge >= 0.3 is 6.09 Å². The third-order valence-electron chi connectivity index (χ3n) is 4.61. The van der Waals surface area contributed by atoms with Gasteiger partial charge in [0, 0.05) is 25.9 Å². The van der Waals surface area contributed by atoms with Gasteiger partial charge in [-0.1, -0.05) is 42.5 Å². The molecule has 1 saturated heterocycles. The van der Waals surface area contributed by atoms with E-state index in [1.165, 1.54) is 0 Å². The van der Waals surface area contributed by atoms with Gasteiger partial charge in [-0.2, -0.15) is 0 Å². The second kappa shape index (κ2) is 10.3. The minimum absolute atomic E-state index is 0.0740. The van der Waals surface area contributed by atoms with Crippen molar-refractivity contribution in [3.63, 3.8) is 0 Å². The zero-order valence-electron chi connectivity index (χ0n) is 16.2. The molecular weight excluding hydrogens is 370 g/mol. The van der Waals surface area contributed by atoms with Gasteiger partial charge in [0.2, 0.25) is 11.8 Å². The first-order chi connectivity index (χ1) is 14.1. The van der Waals surface area contributed by atoms with Crippen molar-refractivity contribution in [2.75, 3.05) is 23.3 Å². The number of amides is 3. The summed E-state index contributed by atoms with van der Waals surface area (Å²) in [6, 6.07) is 16.7. The van der Waals surface area contributed by atoms with Gasteiger partial charge in [-0.3, -0.25) is 9.59 Å². The van der Waals surface area contributed by atoms with Gasteiger partial charge < -0.3 is 20.3 Å². The highest BCUT2D eigenvalue weighted by Crippen LogP contribution is 2.29. The predicted molar refractivity (Wildman–Crippen MR) is 111 cm³/mol. The number of hydrogen-bond acceptors (Lipinski definition) is 4. The summed E-state index contributed by atoms with van der Waals surface area (Å²) in [6.07, 6.45) is 1.59. The van der Waals surface area contributed by atoms with Crippen molar-refractivity contribution in [1.29, 1.82) is 0 Å². The van der Waals surface area contributed by atoms with Crippen molar-refractivity contribution in [2.24, 2.45) is 0 Å². The van der Waals surface area contributed by atoms with Gasteiger partial charge in [0.25, 0.3) is 0 Å². The van der Waals surface area contributed by atoms with E-state index in [2.05, 4.69) is 10.6 Å². The summed E-state index contributed by atoms with van der Waals surface area (Å²) >= 11 is 0. The number of benzene rings is 2. The van der Waals surface area contributed by atoms with Crippen LogP contribution in [0.3, 0.4) is 0 Å². The van der Waals surface area contributed by atoms with Crippen LogP contribution in [0.15, 0.2) is 54.6 Å². The highest BCUT2D eigenvalue weighted by molar-refractivity contribution is 6.02. The maximum Gasteiger partial charge on any atom is 0.407 e. The van der Waals surface area contributed by atoms with Crippen LogP contribution >= 0.6 is 0 Å². The molecule has 2 N–H and O–H groups in total. The van der Waals surface area contributed by atoms with Crippen LogP contribution in [0, 0.1) is 0 Å². The lowest BCUT2D eigenvalue weighted by Gasteiger charge is -2.20. The zero-order valence-corrected chi connectivity index (χ0v) is 16.2. The Kier molecular flexibility index (Phi) is 7.22. The molecule has 2 aromatic rings. The van der Waals surface area contributed by atoms with Gasteiger partial charge in [-0.05, 0) is 30.5 Å². The molecule has 2 aromatic carbocycles. The molecule has 1 fully saturated rings. The van der Waals surface area contributed by atoms with Crippen LogP contribution in [0.5, 0.6) is 0 Å². The van der Waals surface area contributed by atoms with Crippen LogP contribution in [0.4, 0.5) is 16.2 Å². The fraction of sp³-hybridized carbons (Fsp3) is 0.318. The standard InChI is InChI=1S/C22H25N3O4/c26-20(12-6-14-23-22(28)29-16-17-8-2-1-3-9-17)24-18-10-4-5-11-19(18)25-15-7-13-21(25)27/h1-5,8-11H,6-7,12-16H2,(H,23,28)(H,24,26). The van der Waals surface area contributed by atoms with E-state index in [1.807, 2.05) is 48.5 Å². The van der Waals surface area contributed by atoms with Crippen LogP contribution in [0.25, 0.3) is 0 Å². The van der Waals surface area contributed by atoms with E-state index in [-0.39, 0.29) is 24.8 Å². The van der Waals surface area contributed by atoms with E-state index in [9.17, 15) is 14.4 Å². The maximum atomic E-state index is 12.3. The average Bonchev–Trinajstić information content (AvgIpc) is 3.16. The van der Waals surface area contributed by atoms with Gasteiger partial charge in [0.05, 0.1) is 11.4 Å². The quantitative estimate of drug-likeness (QED) is 0.670. The number of para-hydroxylation sites is 2. The summed E-state index contributed by atoms with van der Waals surface area (Å²) < 4.78 is 5.13. The molecule has 0 radical (unpaired) electrons. The zero-order chi connectivity index (χ0) is 20.5. The molecule has 3 amide bonds. The number of anilines is 2. The molecule has 0 spiro atoms. The summed E-state index contributed by atoms with van der Waals surface area (Å²) in [7, 11) is 0. The van der Waals surface area contributed by atoms with E-state index in [0.29, 0.717) is 31.6 Å². The monoisotopic (exact) mass is 395 g/mol. The lowest BCUT2D eigenvalue weighted by atomic mass is 10.2. The highest BCUT2D eigenvalue weighted by Gasteiger charge is 2.24. The fourth-order valence-corrected chi connectivity index (χ4v) is 3.14. The number of nitrogens with zero attached hydrogens (tertiary/aromatic N) is 1. The van der Waals surface area contributed by atoms with Gasteiger partial charge in [-0.25, -0.2) is 4.79 Å². The third kappa shape index (κ3) is 6.07. The molecule has 0 unspecified atom stereocenters. The van der Waals surface area contributed by atoms with Crippen LogP contribution < -0.4 is 15.5 Å². The normalized spacial score (nSPS) is 13.2. The Morgan fingerprint density at radius 2 is 1.79 bits per heavy atom. The van der Waals surface area contributed by atoms with Gasteiger partial charge in [-0.15, -0.1) is 0 Å². The minimum atomic E-state index is -0.507. The Balaban J connectivity index is 1.38. The van der Waals surface area contributed by atoms with Crippen LogP contribution in [0.2, 0.25) is 0 Å². The lowest BCUT2D eigenvalue weighted by Crippen LogP contribution is -2.27. The predicted octanol–water partition coefficient (Wildman–Crippen LogP) is 3.46. The summed E-state index contributed by atoms with van der Waals surface area (Å²) in [6.45, 7) is 1.22. The number of carbonyl (C=O) groups excluding carboxylic acids is 3. The van der Waals surface area contributed by atoms with E-state index >= 15 is 0 Å². The molecule has 1 aliphatic rings. The maximum absolute atomic E-state index is 12.3. The summed E-state index contributed by atoms with van der Waals surface area (Å²) in [5.41, 5.74) is 2.27. The molecule has 0 aliphatic carbocycles.